The maximum atomic E-state index is 6.93. The van der Waals surface area contributed by atoms with Crippen LogP contribution in [-0.4, -0.2) is 19.8 Å². The van der Waals surface area contributed by atoms with Crippen LogP contribution >= 0.6 is 23.7 Å². The number of nitrogens with zero attached hydrogens (tertiary/aromatic N) is 1. The highest BCUT2D eigenvalue weighted by atomic mass is 31.3. The van der Waals surface area contributed by atoms with Gasteiger partial charge in [-0.1, -0.05) is 119 Å². The molecule has 1 heterocycles. The molecule has 0 saturated carbocycles. The van der Waals surface area contributed by atoms with Gasteiger partial charge in [0.25, 0.3) is 0 Å². The second-order valence-corrected chi connectivity index (χ2v) is 22.8. The van der Waals surface area contributed by atoms with Crippen LogP contribution in [0, 0.1) is 0 Å². The maximum absolute atomic E-state index is 6.93. The van der Waals surface area contributed by atoms with Crippen LogP contribution in [0.2, 0.25) is 0 Å². The Labute approximate surface area is 309 Å². The van der Waals surface area contributed by atoms with Gasteiger partial charge in [0, 0.05) is 4.52 Å². The normalized spacial score (nSPS) is 22.7. The Balaban J connectivity index is 1.92. The fourth-order valence-electron chi connectivity index (χ4n) is 5.05. The van der Waals surface area contributed by atoms with Gasteiger partial charge in [-0.05, 0) is 93.5 Å². The van der Waals surface area contributed by atoms with Crippen LogP contribution in [0.5, 0.6) is 17.2 Å². The smallest absolute Gasteiger partial charge is 0.423 e. The molecule has 12 heteroatoms. The zero-order chi connectivity index (χ0) is 37.6. The van der Waals surface area contributed by atoms with Crippen molar-refractivity contribution < 1.29 is 27.1 Å². The van der Waals surface area contributed by atoms with Crippen molar-refractivity contribution in [1.82, 2.24) is 9.72 Å². The molecule has 1 aliphatic rings. The van der Waals surface area contributed by atoms with Crippen molar-refractivity contribution >= 4 is 23.7 Å². The van der Waals surface area contributed by atoms with E-state index in [1.54, 1.807) is 0 Å². The van der Waals surface area contributed by atoms with Crippen LogP contribution in [0.25, 0.3) is 0 Å². The predicted molar refractivity (Wildman–Crippen MR) is 215 cm³/mol. The van der Waals surface area contributed by atoms with Gasteiger partial charge in [-0.15, -0.1) is 0 Å². The Morgan fingerprint density at radius 2 is 0.961 bits per heavy atom. The molecule has 0 aliphatic carbocycles. The van der Waals surface area contributed by atoms with E-state index in [2.05, 4.69) is 129 Å². The number of nitrogens with one attached hydrogen (secondary N) is 2. The summed E-state index contributed by atoms with van der Waals surface area (Å²) in [6.45, 7) is 27.1. The summed E-state index contributed by atoms with van der Waals surface area (Å²) in [6, 6.07) is 24.3. The second-order valence-electron chi connectivity index (χ2n) is 16.0. The lowest BCUT2D eigenvalue weighted by atomic mass is 9.87. The van der Waals surface area contributed by atoms with E-state index >= 15 is 0 Å². The maximum Gasteiger partial charge on any atom is 0.571 e. The van der Waals surface area contributed by atoms with Gasteiger partial charge in [-0.3, -0.25) is 13.6 Å². The van der Waals surface area contributed by atoms with Gasteiger partial charge >= 0.3 is 23.7 Å². The Morgan fingerprint density at radius 1 is 0.549 bits per heavy atom. The lowest BCUT2D eigenvalue weighted by Gasteiger charge is -2.34. The lowest BCUT2D eigenvalue weighted by Crippen LogP contribution is -2.39. The number of rotatable bonds is 15. The summed E-state index contributed by atoms with van der Waals surface area (Å²) in [7, 11) is -10.2. The van der Waals surface area contributed by atoms with Crippen LogP contribution in [0.15, 0.2) is 77.3 Å². The van der Waals surface area contributed by atoms with Gasteiger partial charge in [-0.25, -0.2) is 0 Å². The molecule has 51 heavy (non-hydrogen) atoms. The molecule has 4 rings (SSSR count). The van der Waals surface area contributed by atoms with Gasteiger partial charge in [0.2, 0.25) is 0 Å². The molecule has 3 aromatic rings. The lowest BCUT2D eigenvalue weighted by molar-refractivity contribution is 0.256. The Morgan fingerprint density at radius 3 is 1.39 bits per heavy atom. The fraction of sp³-hybridized carbons (Fsp3) is 0.538. The highest BCUT2D eigenvalue weighted by Crippen LogP contribution is 2.81. The van der Waals surface area contributed by atoms with Crippen LogP contribution in [-0.2, 0) is 29.8 Å². The molecule has 3 unspecified atom stereocenters. The summed E-state index contributed by atoms with van der Waals surface area (Å²) in [6.07, 6.45) is 2.23. The molecule has 0 bridgehead atoms. The highest BCUT2D eigenvalue weighted by Gasteiger charge is 2.72. The summed E-state index contributed by atoms with van der Waals surface area (Å²) in [4.78, 5) is 7.21. The number of benzene rings is 3. The van der Waals surface area contributed by atoms with E-state index in [1.165, 1.54) is 16.7 Å². The average molecular weight is 762 g/mol. The molecule has 0 aromatic heterocycles. The van der Waals surface area contributed by atoms with Gasteiger partial charge < -0.3 is 4.52 Å². The van der Waals surface area contributed by atoms with Crippen molar-refractivity contribution in [2.24, 2.45) is 4.52 Å². The van der Waals surface area contributed by atoms with Gasteiger partial charge in [0.1, 0.15) is 5.75 Å². The third-order valence-electron chi connectivity index (χ3n) is 8.02. The molecule has 0 radical (unpaired) electrons. The van der Waals surface area contributed by atoms with Crippen LogP contribution in [0.3, 0.4) is 0 Å². The first kappa shape index (κ1) is 41.7. The second kappa shape index (κ2) is 17.0. The Bertz CT molecular complexity index is 1600. The first-order valence-corrected chi connectivity index (χ1v) is 23.0. The minimum Gasteiger partial charge on any atom is -0.423 e. The molecular formula is C39H62N3O6P3+2. The Hall–Kier alpha value is -2.05. The van der Waals surface area contributed by atoms with Crippen LogP contribution in [0.1, 0.15) is 119 Å². The van der Waals surface area contributed by atoms with Crippen molar-refractivity contribution in [3.8, 4) is 17.2 Å². The predicted octanol–water partition coefficient (Wildman–Crippen LogP) is 12.9. The quantitative estimate of drug-likeness (QED) is 0.148. The standard InChI is InChI=1S/C39H62N3O6P3/c1-13-28-43-49(46-34-22-16-31(17-23-34)37(4,5)6)40-50(44-29-14-2,47-35-24-18-32(19-25-35)38(7,8)9)42-51(41-49,45-30-15-3)48-36-26-20-33(21-27-36)39(10,11)12/h16-27,40-41H,13-15,28-30H2,1-12H3/q+2. The summed E-state index contributed by atoms with van der Waals surface area (Å²) < 4.78 is 46.2. The first-order valence-electron chi connectivity index (χ1n) is 18.2. The van der Waals surface area contributed by atoms with E-state index in [4.69, 9.17) is 31.7 Å². The molecule has 0 fully saturated rings. The minimum atomic E-state index is -3.44. The average Bonchev–Trinajstić information content (AvgIpc) is 3.05. The minimum absolute atomic E-state index is 0.0135. The SMILES string of the molecule is CCCOP1(Oc2ccc(C(C)(C)C)cc2)=N[P+](OCCC)(Oc2ccc(C(C)(C)C)cc2)N[P+](OCCC)(Oc2ccc(C(C)(C)C)cc2)N1. The van der Waals surface area contributed by atoms with E-state index in [0.29, 0.717) is 37.1 Å². The third-order valence-corrected chi connectivity index (χ3v) is 17.0. The monoisotopic (exact) mass is 761 g/mol. The fourth-order valence-corrected chi connectivity index (χ4v) is 15.5. The van der Waals surface area contributed by atoms with Gasteiger partial charge in [0.05, 0.1) is 24.7 Å². The number of hydrogen-bond acceptors (Lipinski definition) is 9. The zero-order valence-electron chi connectivity index (χ0n) is 32.9. The third kappa shape index (κ3) is 11.5. The van der Waals surface area contributed by atoms with Gasteiger partial charge in [-0.2, -0.15) is 9.05 Å². The van der Waals surface area contributed by atoms with Crippen molar-refractivity contribution in [2.75, 3.05) is 19.8 Å². The molecule has 282 valence electrons. The van der Waals surface area contributed by atoms with Crippen molar-refractivity contribution in [3.63, 3.8) is 0 Å². The van der Waals surface area contributed by atoms with Crippen LogP contribution in [0.4, 0.5) is 0 Å². The van der Waals surface area contributed by atoms with Crippen molar-refractivity contribution in [1.29, 1.82) is 0 Å². The van der Waals surface area contributed by atoms with E-state index < -0.39 is 23.7 Å². The molecule has 9 nitrogen and oxygen atoms in total. The summed E-state index contributed by atoms with van der Waals surface area (Å²) in [5, 5.41) is 0. The van der Waals surface area contributed by atoms with Crippen molar-refractivity contribution in [2.45, 2.75) is 119 Å². The first-order chi connectivity index (χ1) is 23.9. The van der Waals surface area contributed by atoms with Crippen LogP contribution < -0.4 is 23.3 Å². The van der Waals surface area contributed by atoms with E-state index in [1.807, 2.05) is 36.4 Å². The topological polar surface area (TPSA) is 91.8 Å². The summed E-state index contributed by atoms with van der Waals surface area (Å²) >= 11 is 0. The molecule has 2 N–H and O–H groups in total. The zero-order valence-corrected chi connectivity index (χ0v) is 35.6. The molecule has 1 aliphatic heterocycles. The molecule has 3 atom stereocenters. The Kier molecular flexibility index (Phi) is 13.9. The largest absolute Gasteiger partial charge is 0.571 e. The van der Waals surface area contributed by atoms with E-state index in [-0.39, 0.29) is 16.2 Å². The van der Waals surface area contributed by atoms with E-state index in [0.717, 1.165) is 19.3 Å². The number of hydrogen-bond donors (Lipinski definition) is 2. The highest BCUT2D eigenvalue weighted by molar-refractivity contribution is 7.88. The van der Waals surface area contributed by atoms with Crippen molar-refractivity contribution in [3.05, 3.63) is 89.5 Å². The molecular weight excluding hydrogens is 699 g/mol. The van der Waals surface area contributed by atoms with Gasteiger partial charge in [0.15, 0.2) is 11.5 Å². The molecule has 3 aromatic carbocycles. The summed E-state index contributed by atoms with van der Waals surface area (Å²) in [5.41, 5.74) is 3.53. The summed E-state index contributed by atoms with van der Waals surface area (Å²) in [5.74, 6) is 1.84. The molecule has 0 spiro atoms. The molecule has 0 saturated heterocycles. The molecule has 0 amide bonds. The van der Waals surface area contributed by atoms with E-state index in [9.17, 15) is 0 Å².